The number of aryl methyl sites for hydroxylation is 1. The summed E-state index contributed by atoms with van der Waals surface area (Å²) in [5.74, 6) is -3.74. The van der Waals surface area contributed by atoms with E-state index in [2.05, 4.69) is 20.9 Å². The highest BCUT2D eigenvalue weighted by Crippen LogP contribution is 2.19. The SMILES string of the molecule is COCC(NC(=O)C(NC(=O)c1cnc(C)s1)OC)C(=O)NC(Cc1ccccc1)C(=O)C(C)(COCO)OC(C)=O. The van der Waals surface area contributed by atoms with Crippen LogP contribution in [-0.4, -0.2) is 97.7 Å². The molecule has 4 atom stereocenters. The van der Waals surface area contributed by atoms with Crippen LogP contribution in [0.4, 0.5) is 0 Å². The van der Waals surface area contributed by atoms with Crippen molar-refractivity contribution in [3.63, 3.8) is 0 Å². The van der Waals surface area contributed by atoms with E-state index in [1.54, 1.807) is 37.3 Å². The van der Waals surface area contributed by atoms with Crippen molar-refractivity contribution >= 4 is 40.8 Å². The summed E-state index contributed by atoms with van der Waals surface area (Å²) in [4.78, 5) is 68.7. The number of methoxy groups -OCH3 is 2. The summed E-state index contributed by atoms with van der Waals surface area (Å²) >= 11 is 1.13. The van der Waals surface area contributed by atoms with E-state index in [-0.39, 0.29) is 17.9 Å². The standard InChI is InChI=1S/C27H36N4O10S/c1-16-28-12-21(42-16)24(36)31-26(39-5)25(37)30-20(13-38-4)23(35)29-19(11-18-9-7-6-8-10-18)22(34)27(3,14-40-15-32)41-17(2)33/h6-10,12,19-20,26,32H,11,13-15H2,1-5H3,(H,29,35)(H,30,37)(H,31,36). The Hall–Kier alpha value is -3.76. The van der Waals surface area contributed by atoms with Crippen LogP contribution < -0.4 is 16.0 Å². The molecular formula is C27H36N4O10S. The first-order valence-electron chi connectivity index (χ1n) is 12.8. The molecule has 0 aliphatic heterocycles. The Balaban J connectivity index is 2.27. The van der Waals surface area contributed by atoms with Crippen molar-refractivity contribution in [1.29, 1.82) is 0 Å². The molecule has 0 bridgehead atoms. The summed E-state index contributed by atoms with van der Waals surface area (Å²) in [7, 11) is 2.51. The fourth-order valence-electron chi connectivity index (χ4n) is 3.89. The summed E-state index contributed by atoms with van der Waals surface area (Å²) < 4.78 is 20.5. The van der Waals surface area contributed by atoms with Crippen molar-refractivity contribution in [1.82, 2.24) is 20.9 Å². The van der Waals surface area contributed by atoms with Gasteiger partial charge in [-0.2, -0.15) is 0 Å². The minimum absolute atomic E-state index is 0.0000606. The van der Waals surface area contributed by atoms with Gasteiger partial charge in [0.15, 0.2) is 5.60 Å². The van der Waals surface area contributed by atoms with Crippen LogP contribution in [0.3, 0.4) is 0 Å². The van der Waals surface area contributed by atoms with E-state index < -0.39 is 66.8 Å². The van der Waals surface area contributed by atoms with Crippen LogP contribution in [0.15, 0.2) is 36.5 Å². The number of benzene rings is 1. The molecule has 4 N–H and O–H groups in total. The number of esters is 1. The fraction of sp³-hybridized carbons (Fsp3) is 0.481. The van der Waals surface area contributed by atoms with Gasteiger partial charge in [0, 0.05) is 21.1 Å². The third-order valence-corrected chi connectivity index (χ3v) is 6.73. The van der Waals surface area contributed by atoms with Gasteiger partial charge >= 0.3 is 5.97 Å². The zero-order valence-electron chi connectivity index (χ0n) is 24.0. The molecule has 3 amide bonds. The minimum atomic E-state index is -1.86. The summed E-state index contributed by atoms with van der Waals surface area (Å²) in [5, 5.41) is 17.3. The minimum Gasteiger partial charge on any atom is -0.449 e. The quantitative estimate of drug-likeness (QED) is 0.138. The first-order chi connectivity index (χ1) is 19.9. The number of hydrogen-bond donors (Lipinski definition) is 4. The number of ether oxygens (including phenoxy) is 4. The van der Waals surface area contributed by atoms with E-state index in [4.69, 9.17) is 24.1 Å². The van der Waals surface area contributed by atoms with Gasteiger partial charge in [0.05, 0.1) is 30.5 Å². The third-order valence-electron chi connectivity index (χ3n) is 5.82. The average molecular weight is 609 g/mol. The number of aliphatic hydroxyl groups excluding tert-OH is 1. The number of amides is 3. The zero-order chi connectivity index (χ0) is 31.3. The monoisotopic (exact) mass is 608 g/mol. The molecule has 42 heavy (non-hydrogen) atoms. The molecule has 0 saturated heterocycles. The van der Waals surface area contributed by atoms with E-state index in [1.165, 1.54) is 27.3 Å². The number of rotatable bonds is 17. The molecule has 1 heterocycles. The topological polar surface area (TPSA) is 191 Å². The maximum absolute atomic E-state index is 13.7. The lowest BCUT2D eigenvalue weighted by atomic mass is 9.91. The number of aromatic nitrogens is 1. The molecule has 2 rings (SSSR count). The van der Waals surface area contributed by atoms with Crippen molar-refractivity contribution in [2.24, 2.45) is 0 Å². The molecule has 15 heteroatoms. The van der Waals surface area contributed by atoms with E-state index in [0.29, 0.717) is 10.6 Å². The van der Waals surface area contributed by atoms with Crippen molar-refractivity contribution in [2.75, 3.05) is 34.2 Å². The molecule has 0 saturated carbocycles. The number of Topliss-reactive ketones (excluding diaryl/α,β-unsaturated/α-hetero) is 1. The summed E-state index contributed by atoms with van der Waals surface area (Å²) in [6.07, 6.45) is -0.100. The van der Waals surface area contributed by atoms with Gasteiger partial charge in [-0.25, -0.2) is 4.98 Å². The van der Waals surface area contributed by atoms with Gasteiger partial charge in [0.1, 0.15) is 17.7 Å². The van der Waals surface area contributed by atoms with Gasteiger partial charge in [-0.1, -0.05) is 30.3 Å². The Morgan fingerprint density at radius 2 is 1.69 bits per heavy atom. The first kappa shape index (κ1) is 34.4. The van der Waals surface area contributed by atoms with Crippen molar-refractivity contribution in [3.8, 4) is 0 Å². The van der Waals surface area contributed by atoms with Crippen molar-refractivity contribution < 1.29 is 48.0 Å². The van der Waals surface area contributed by atoms with Crippen LogP contribution in [0.25, 0.3) is 0 Å². The number of hydrogen-bond acceptors (Lipinski definition) is 12. The lowest BCUT2D eigenvalue weighted by molar-refractivity contribution is -0.175. The molecular weight excluding hydrogens is 572 g/mol. The van der Waals surface area contributed by atoms with Crippen molar-refractivity contribution in [2.45, 2.75) is 51.1 Å². The highest BCUT2D eigenvalue weighted by Gasteiger charge is 2.42. The average Bonchev–Trinajstić information content (AvgIpc) is 3.40. The first-order valence-corrected chi connectivity index (χ1v) is 13.6. The molecule has 0 aliphatic rings. The van der Waals surface area contributed by atoms with Gasteiger partial charge < -0.3 is 40.0 Å². The van der Waals surface area contributed by atoms with Crippen molar-refractivity contribution in [3.05, 3.63) is 52.0 Å². The number of aliphatic hydroxyl groups is 1. The molecule has 4 unspecified atom stereocenters. The molecule has 1 aromatic heterocycles. The summed E-state index contributed by atoms with van der Waals surface area (Å²) in [6, 6.07) is 6.19. The van der Waals surface area contributed by atoms with Crippen LogP contribution in [0.1, 0.15) is 34.1 Å². The van der Waals surface area contributed by atoms with Gasteiger partial charge in [-0.15, -0.1) is 11.3 Å². The molecule has 1 aromatic carbocycles. The summed E-state index contributed by atoms with van der Waals surface area (Å²) in [5.41, 5.74) is -1.18. The third kappa shape index (κ3) is 10.3. The molecule has 14 nitrogen and oxygen atoms in total. The Kier molecular flexibility index (Phi) is 13.6. The van der Waals surface area contributed by atoms with Crippen LogP contribution in [0, 0.1) is 6.92 Å². The van der Waals surface area contributed by atoms with Gasteiger partial charge in [-0.3, -0.25) is 24.0 Å². The maximum Gasteiger partial charge on any atom is 0.303 e. The van der Waals surface area contributed by atoms with Gasteiger partial charge in [0.25, 0.3) is 11.8 Å². The highest BCUT2D eigenvalue weighted by atomic mass is 32.1. The second kappa shape index (κ2) is 16.6. The van der Waals surface area contributed by atoms with Gasteiger partial charge in [-0.05, 0) is 25.8 Å². The Bertz CT molecular complexity index is 1220. The Labute approximate surface area is 247 Å². The molecule has 0 spiro atoms. The smallest absolute Gasteiger partial charge is 0.303 e. The van der Waals surface area contributed by atoms with Crippen LogP contribution in [-0.2, 0) is 44.5 Å². The Morgan fingerprint density at radius 3 is 2.24 bits per heavy atom. The van der Waals surface area contributed by atoms with E-state index in [0.717, 1.165) is 18.3 Å². The number of ketones is 1. The van der Waals surface area contributed by atoms with Crippen LogP contribution in [0.5, 0.6) is 0 Å². The normalized spacial score (nSPS) is 14.5. The summed E-state index contributed by atoms with van der Waals surface area (Å²) in [6.45, 7) is 2.64. The van der Waals surface area contributed by atoms with E-state index >= 15 is 0 Å². The van der Waals surface area contributed by atoms with Crippen LogP contribution in [0.2, 0.25) is 0 Å². The largest absolute Gasteiger partial charge is 0.449 e. The Morgan fingerprint density at radius 1 is 1.02 bits per heavy atom. The second-order valence-corrected chi connectivity index (χ2v) is 10.5. The fourth-order valence-corrected chi connectivity index (χ4v) is 4.57. The lowest BCUT2D eigenvalue weighted by Crippen LogP contribution is -2.60. The number of carbonyl (C=O) groups excluding carboxylic acids is 5. The van der Waals surface area contributed by atoms with Gasteiger partial charge in [0.2, 0.25) is 17.9 Å². The predicted molar refractivity (Wildman–Crippen MR) is 149 cm³/mol. The second-order valence-electron chi connectivity index (χ2n) is 9.27. The maximum atomic E-state index is 13.7. The van der Waals surface area contributed by atoms with Crippen LogP contribution >= 0.6 is 11.3 Å². The lowest BCUT2D eigenvalue weighted by Gasteiger charge is -2.32. The van der Waals surface area contributed by atoms with E-state index in [1.807, 2.05) is 0 Å². The number of nitrogens with one attached hydrogen (secondary N) is 3. The molecule has 0 aliphatic carbocycles. The molecule has 0 radical (unpaired) electrons. The zero-order valence-corrected chi connectivity index (χ0v) is 24.8. The predicted octanol–water partition coefficient (Wildman–Crippen LogP) is -0.130. The number of thiazole rings is 1. The number of nitrogens with zero attached hydrogens (tertiary/aromatic N) is 1. The number of carbonyl (C=O) groups is 5. The molecule has 0 fully saturated rings. The molecule has 230 valence electrons. The highest BCUT2D eigenvalue weighted by molar-refractivity contribution is 7.13. The van der Waals surface area contributed by atoms with E-state index in [9.17, 15) is 24.0 Å². The molecule has 2 aromatic rings.